The van der Waals surface area contributed by atoms with Crippen molar-refractivity contribution < 1.29 is 4.74 Å². The zero-order chi connectivity index (χ0) is 14.5. The van der Waals surface area contributed by atoms with Gasteiger partial charge in [0, 0.05) is 15.8 Å². The van der Waals surface area contributed by atoms with Crippen LogP contribution in [-0.2, 0) is 6.42 Å². The zero-order valence-electron chi connectivity index (χ0n) is 12.1. The number of thiophene rings is 1. The number of hydrogen-bond donors (Lipinski definition) is 1. The molecule has 1 aromatic heterocycles. The SMILES string of the molecule is CCNC(Cc1ccc(OC)c(Br)c1)c1ccc(C)s1. The van der Waals surface area contributed by atoms with Crippen LogP contribution < -0.4 is 10.1 Å². The molecule has 0 saturated carbocycles. The number of hydrogen-bond acceptors (Lipinski definition) is 3. The van der Waals surface area contributed by atoms with Gasteiger partial charge in [0.1, 0.15) is 5.75 Å². The van der Waals surface area contributed by atoms with Gasteiger partial charge in [0.15, 0.2) is 0 Å². The molecule has 2 nitrogen and oxygen atoms in total. The molecule has 0 aliphatic rings. The molecule has 0 aliphatic heterocycles. The lowest BCUT2D eigenvalue weighted by Gasteiger charge is -2.17. The van der Waals surface area contributed by atoms with Crippen molar-refractivity contribution in [2.45, 2.75) is 26.3 Å². The Bertz CT molecular complexity index is 567. The van der Waals surface area contributed by atoms with Gasteiger partial charge >= 0.3 is 0 Å². The molecule has 108 valence electrons. The second-order valence-electron chi connectivity index (χ2n) is 4.73. The quantitative estimate of drug-likeness (QED) is 0.810. The minimum Gasteiger partial charge on any atom is -0.496 e. The number of nitrogens with one attached hydrogen (secondary N) is 1. The summed E-state index contributed by atoms with van der Waals surface area (Å²) in [7, 11) is 1.69. The van der Waals surface area contributed by atoms with Gasteiger partial charge in [-0.05, 0) is 65.6 Å². The first-order valence-electron chi connectivity index (χ1n) is 6.76. The fourth-order valence-electron chi connectivity index (χ4n) is 2.23. The zero-order valence-corrected chi connectivity index (χ0v) is 14.5. The monoisotopic (exact) mass is 353 g/mol. The molecule has 1 N–H and O–H groups in total. The van der Waals surface area contributed by atoms with E-state index in [9.17, 15) is 0 Å². The Morgan fingerprint density at radius 2 is 2.10 bits per heavy atom. The summed E-state index contributed by atoms with van der Waals surface area (Å²) in [5.41, 5.74) is 1.30. The Morgan fingerprint density at radius 1 is 1.30 bits per heavy atom. The van der Waals surface area contributed by atoms with E-state index in [0.717, 1.165) is 23.2 Å². The fourth-order valence-corrected chi connectivity index (χ4v) is 3.77. The number of ether oxygens (including phenoxy) is 1. The number of aryl methyl sites for hydroxylation is 1. The van der Waals surface area contributed by atoms with Crippen molar-refractivity contribution in [2.24, 2.45) is 0 Å². The van der Waals surface area contributed by atoms with Gasteiger partial charge in [-0.1, -0.05) is 13.0 Å². The van der Waals surface area contributed by atoms with E-state index in [2.05, 4.69) is 59.4 Å². The molecule has 2 aromatic rings. The highest BCUT2D eigenvalue weighted by Gasteiger charge is 2.14. The van der Waals surface area contributed by atoms with E-state index in [1.165, 1.54) is 15.3 Å². The van der Waals surface area contributed by atoms with Gasteiger partial charge in [-0.15, -0.1) is 11.3 Å². The van der Waals surface area contributed by atoms with Crippen LogP contribution in [0.5, 0.6) is 5.75 Å². The maximum absolute atomic E-state index is 5.28. The lowest BCUT2D eigenvalue weighted by atomic mass is 10.0. The number of benzene rings is 1. The van der Waals surface area contributed by atoms with Crippen LogP contribution in [0.3, 0.4) is 0 Å². The van der Waals surface area contributed by atoms with Gasteiger partial charge in [-0.3, -0.25) is 0 Å². The van der Waals surface area contributed by atoms with Crippen LogP contribution in [0.1, 0.15) is 28.3 Å². The highest BCUT2D eigenvalue weighted by Crippen LogP contribution is 2.29. The minimum atomic E-state index is 0.374. The van der Waals surface area contributed by atoms with Crippen molar-refractivity contribution in [3.63, 3.8) is 0 Å². The Hall–Kier alpha value is -0.840. The topological polar surface area (TPSA) is 21.3 Å². The molecule has 0 saturated heterocycles. The van der Waals surface area contributed by atoms with Gasteiger partial charge in [-0.25, -0.2) is 0 Å². The number of rotatable bonds is 6. The third-order valence-corrected chi connectivity index (χ3v) is 4.95. The Balaban J connectivity index is 2.17. The van der Waals surface area contributed by atoms with E-state index >= 15 is 0 Å². The van der Waals surface area contributed by atoms with E-state index < -0.39 is 0 Å². The summed E-state index contributed by atoms with van der Waals surface area (Å²) in [5.74, 6) is 0.876. The lowest BCUT2D eigenvalue weighted by Crippen LogP contribution is -2.22. The van der Waals surface area contributed by atoms with E-state index in [1.54, 1.807) is 7.11 Å². The predicted molar refractivity (Wildman–Crippen MR) is 89.9 cm³/mol. The van der Waals surface area contributed by atoms with Crippen molar-refractivity contribution in [3.05, 3.63) is 50.1 Å². The van der Waals surface area contributed by atoms with Crippen molar-refractivity contribution >= 4 is 27.3 Å². The van der Waals surface area contributed by atoms with Gasteiger partial charge < -0.3 is 10.1 Å². The second-order valence-corrected chi connectivity index (χ2v) is 6.91. The van der Waals surface area contributed by atoms with Crippen LogP contribution >= 0.6 is 27.3 Å². The predicted octanol–water partition coefficient (Wildman–Crippen LogP) is 4.72. The smallest absolute Gasteiger partial charge is 0.133 e. The highest BCUT2D eigenvalue weighted by atomic mass is 79.9. The fraction of sp³-hybridized carbons (Fsp3) is 0.375. The van der Waals surface area contributed by atoms with Gasteiger partial charge in [0.05, 0.1) is 11.6 Å². The lowest BCUT2D eigenvalue weighted by molar-refractivity contribution is 0.412. The normalized spacial score (nSPS) is 12.4. The molecule has 0 amide bonds. The minimum absolute atomic E-state index is 0.374. The summed E-state index contributed by atoms with van der Waals surface area (Å²) < 4.78 is 6.29. The first kappa shape index (κ1) is 15.5. The molecule has 1 aromatic carbocycles. The summed E-state index contributed by atoms with van der Waals surface area (Å²) >= 11 is 5.42. The molecule has 0 radical (unpaired) electrons. The van der Waals surface area contributed by atoms with E-state index in [0.29, 0.717) is 6.04 Å². The average molecular weight is 354 g/mol. The first-order valence-corrected chi connectivity index (χ1v) is 8.37. The van der Waals surface area contributed by atoms with E-state index in [4.69, 9.17) is 4.74 Å². The maximum atomic E-state index is 5.28. The number of halogens is 1. The standard InChI is InChI=1S/C16H20BrNOS/c1-4-18-14(16-8-5-11(2)20-16)10-12-6-7-15(19-3)13(17)9-12/h5-9,14,18H,4,10H2,1-3H3. The Kier molecular flexibility index (Phi) is 5.64. The number of methoxy groups -OCH3 is 1. The van der Waals surface area contributed by atoms with Crippen LogP contribution in [0.15, 0.2) is 34.8 Å². The summed E-state index contributed by atoms with van der Waals surface area (Å²) in [6.45, 7) is 5.28. The molecular weight excluding hydrogens is 334 g/mol. The molecule has 20 heavy (non-hydrogen) atoms. The van der Waals surface area contributed by atoms with Gasteiger partial charge in [-0.2, -0.15) is 0 Å². The molecule has 1 unspecified atom stereocenters. The molecule has 0 spiro atoms. The number of likely N-dealkylation sites (N-methyl/N-ethyl adjacent to an activating group) is 1. The van der Waals surface area contributed by atoms with E-state index in [-0.39, 0.29) is 0 Å². The summed E-state index contributed by atoms with van der Waals surface area (Å²) in [6.07, 6.45) is 0.983. The maximum Gasteiger partial charge on any atom is 0.133 e. The van der Waals surface area contributed by atoms with Crippen molar-refractivity contribution in [1.29, 1.82) is 0 Å². The van der Waals surface area contributed by atoms with Crippen molar-refractivity contribution in [1.82, 2.24) is 5.32 Å². The molecular formula is C16H20BrNOS. The summed E-state index contributed by atoms with van der Waals surface area (Å²) in [4.78, 5) is 2.76. The third-order valence-electron chi connectivity index (χ3n) is 3.21. The van der Waals surface area contributed by atoms with Crippen LogP contribution in [0.25, 0.3) is 0 Å². The van der Waals surface area contributed by atoms with Crippen LogP contribution in [-0.4, -0.2) is 13.7 Å². The highest BCUT2D eigenvalue weighted by molar-refractivity contribution is 9.10. The first-order chi connectivity index (χ1) is 9.63. The molecule has 2 rings (SSSR count). The van der Waals surface area contributed by atoms with Crippen molar-refractivity contribution in [2.75, 3.05) is 13.7 Å². The Morgan fingerprint density at radius 3 is 2.65 bits per heavy atom. The molecule has 0 fully saturated rings. The Labute approximate surface area is 133 Å². The largest absolute Gasteiger partial charge is 0.496 e. The summed E-state index contributed by atoms with van der Waals surface area (Å²) in [6, 6.07) is 11.1. The molecule has 4 heteroatoms. The van der Waals surface area contributed by atoms with Crippen LogP contribution in [0, 0.1) is 6.92 Å². The molecule has 1 atom stereocenters. The molecule has 1 heterocycles. The van der Waals surface area contributed by atoms with Crippen molar-refractivity contribution in [3.8, 4) is 5.75 Å². The van der Waals surface area contributed by atoms with E-state index in [1.807, 2.05) is 17.4 Å². The van der Waals surface area contributed by atoms with Crippen LogP contribution in [0.2, 0.25) is 0 Å². The second kappa shape index (κ2) is 7.25. The van der Waals surface area contributed by atoms with Gasteiger partial charge in [0.25, 0.3) is 0 Å². The third kappa shape index (κ3) is 3.84. The van der Waals surface area contributed by atoms with Gasteiger partial charge in [0.2, 0.25) is 0 Å². The molecule has 0 bridgehead atoms. The molecule has 0 aliphatic carbocycles. The van der Waals surface area contributed by atoms with Crippen LogP contribution in [0.4, 0.5) is 0 Å². The average Bonchev–Trinajstić information content (AvgIpc) is 2.85. The summed E-state index contributed by atoms with van der Waals surface area (Å²) in [5, 5.41) is 3.57.